The average Bonchev–Trinajstić information content (AvgIpc) is 3.10. The van der Waals surface area contributed by atoms with Gasteiger partial charge in [-0.15, -0.1) is 0 Å². The Bertz CT molecular complexity index is 812. The highest BCUT2D eigenvalue weighted by atomic mass is 32.2. The molecular formula is C16H16N2O4S. The predicted octanol–water partition coefficient (Wildman–Crippen LogP) is 2.27. The zero-order chi connectivity index (χ0) is 16.3. The molecular weight excluding hydrogens is 316 g/mol. The van der Waals surface area contributed by atoms with E-state index >= 15 is 0 Å². The molecule has 0 saturated carbocycles. The molecule has 120 valence electrons. The monoisotopic (exact) mass is 332 g/mol. The van der Waals surface area contributed by atoms with Crippen molar-refractivity contribution in [3.05, 3.63) is 54.1 Å². The van der Waals surface area contributed by atoms with Crippen LogP contribution < -0.4 is 9.46 Å². The third kappa shape index (κ3) is 3.45. The zero-order valence-electron chi connectivity index (χ0n) is 12.5. The standard InChI is InChI=1S/C16H16N2O4S/c1-21-14-6-8-15(9-7-14)23(19,20)18-13-4-2-12(3-5-13)16-17-10-11-22-16/h2-9,18H,10-11H2,1H3. The largest absolute Gasteiger partial charge is 0.497 e. The van der Waals surface area contributed by atoms with Gasteiger partial charge in [-0.3, -0.25) is 4.72 Å². The molecule has 1 heterocycles. The quantitative estimate of drug-likeness (QED) is 0.911. The van der Waals surface area contributed by atoms with E-state index < -0.39 is 10.0 Å². The Kier molecular flexibility index (Phi) is 4.20. The number of methoxy groups -OCH3 is 1. The summed E-state index contributed by atoms with van der Waals surface area (Å²) >= 11 is 0. The molecule has 2 aromatic carbocycles. The lowest BCUT2D eigenvalue weighted by atomic mass is 10.2. The van der Waals surface area contributed by atoms with Crippen molar-refractivity contribution in [2.75, 3.05) is 25.0 Å². The molecule has 0 unspecified atom stereocenters. The molecule has 1 N–H and O–H groups in total. The van der Waals surface area contributed by atoms with Crippen molar-refractivity contribution < 1.29 is 17.9 Å². The van der Waals surface area contributed by atoms with Gasteiger partial charge in [0.05, 0.1) is 18.6 Å². The van der Waals surface area contributed by atoms with Gasteiger partial charge < -0.3 is 9.47 Å². The number of ether oxygens (including phenoxy) is 2. The van der Waals surface area contributed by atoms with Crippen LogP contribution in [0.25, 0.3) is 0 Å². The Morgan fingerprint density at radius 3 is 2.35 bits per heavy atom. The molecule has 0 radical (unpaired) electrons. The van der Waals surface area contributed by atoms with Crippen molar-refractivity contribution in [2.24, 2.45) is 4.99 Å². The van der Waals surface area contributed by atoms with Gasteiger partial charge in [-0.05, 0) is 48.5 Å². The molecule has 0 atom stereocenters. The van der Waals surface area contributed by atoms with Gasteiger partial charge in [0.15, 0.2) is 0 Å². The van der Waals surface area contributed by atoms with Crippen molar-refractivity contribution >= 4 is 21.6 Å². The number of anilines is 1. The molecule has 1 aliphatic heterocycles. The number of aliphatic imine (C=N–C) groups is 1. The smallest absolute Gasteiger partial charge is 0.261 e. The van der Waals surface area contributed by atoms with Crippen LogP contribution in [0.3, 0.4) is 0 Å². The molecule has 6 nitrogen and oxygen atoms in total. The predicted molar refractivity (Wildman–Crippen MR) is 87.6 cm³/mol. The number of sulfonamides is 1. The van der Waals surface area contributed by atoms with Crippen LogP contribution in [0.4, 0.5) is 5.69 Å². The summed E-state index contributed by atoms with van der Waals surface area (Å²) in [6, 6.07) is 13.1. The van der Waals surface area contributed by atoms with Crippen molar-refractivity contribution in [3.8, 4) is 5.75 Å². The molecule has 0 fully saturated rings. The summed E-state index contributed by atoms with van der Waals surface area (Å²) in [6.07, 6.45) is 0. The minimum absolute atomic E-state index is 0.172. The molecule has 1 aliphatic rings. The second-order valence-corrected chi connectivity index (χ2v) is 6.58. The van der Waals surface area contributed by atoms with Crippen molar-refractivity contribution in [1.82, 2.24) is 0 Å². The molecule has 0 amide bonds. The van der Waals surface area contributed by atoms with Gasteiger partial charge in [-0.1, -0.05) is 0 Å². The van der Waals surface area contributed by atoms with Crippen LogP contribution >= 0.6 is 0 Å². The molecule has 0 spiro atoms. The first kappa shape index (κ1) is 15.4. The summed E-state index contributed by atoms with van der Waals surface area (Å²) in [5.41, 5.74) is 1.30. The third-order valence-corrected chi connectivity index (χ3v) is 4.74. The number of rotatable bonds is 5. The normalized spacial score (nSPS) is 14.0. The maximum absolute atomic E-state index is 12.3. The van der Waals surface area contributed by atoms with E-state index in [-0.39, 0.29) is 4.90 Å². The number of hydrogen-bond donors (Lipinski definition) is 1. The van der Waals surface area contributed by atoms with Gasteiger partial charge in [0.1, 0.15) is 12.4 Å². The van der Waals surface area contributed by atoms with Crippen LogP contribution in [0.1, 0.15) is 5.56 Å². The summed E-state index contributed by atoms with van der Waals surface area (Å²) in [5.74, 6) is 1.19. The Hall–Kier alpha value is -2.54. The van der Waals surface area contributed by atoms with Crippen LogP contribution in [0.15, 0.2) is 58.4 Å². The number of nitrogens with zero attached hydrogens (tertiary/aromatic N) is 1. The zero-order valence-corrected chi connectivity index (χ0v) is 13.3. The van der Waals surface area contributed by atoms with Crippen molar-refractivity contribution in [2.45, 2.75) is 4.90 Å². The lowest BCUT2D eigenvalue weighted by molar-refractivity contribution is 0.348. The molecule has 3 rings (SSSR count). The highest BCUT2D eigenvalue weighted by Gasteiger charge is 2.15. The van der Waals surface area contributed by atoms with Gasteiger partial charge in [0.2, 0.25) is 5.90 Å². The molecule has 7 heteroatoms. The number of hydrogen-bond acceptors (Lipinski definition) is 5. The van der Waals surface area contributed by atoms with Crippen molar-refractivity contribution in [3.63, 3.8) is 0 Å². The first-order chi connectivity index (χ1) is 11.1. The summed E-state index contributed by atoms with van der Waals surface area (Å²) in [5, 5.41) is 0. The second-order valence-electron chi connectivity index (χ2n) is 4.89. The van der Waals surface area contributed by atoms with Gasteiger partial charge in [0, 0.05) is 11.3 Å². The van der Waals surface area contributed by atoms with Gasteiger partial charge in [0.25, 0.3) is 10.0 Å². The Balaban J connectivity index is 1.76. The lowest BCUT2D eigenvalue weighted by Crippen LogP contribution is -2.13. The average molecular weight is 332 g/mol. The fraction of sp³-hybridized carbons (Fsp3) is 0.188. The van der Waals surface area contributed by atoms with E-state index in [0.29, 0.717) is 30.5 Å². The molecule has 0 aliphatic carbocycles. The summed E-state index contributed by atoms with van der Waals surface area (Å²) in [4.78, 5) is 4.39. The van der Waals surface area contributed by atoms with Crippen molar-refractivity contribution in [1.29, 1.82) is 0 Å². The maximum Gasteiger partial charge on any atom is 0.261 e. The Labute approximate surface area is 134 Å². The minimum atomic E-state index is -3.64. The lowest BCUT2D eigenvalue weighted by Gasteiger charge is -2.09. The summed E-state index contributed by atoms with van der Waals surface area (Å²) < 4.78 is 37.6. The van der Waals surface area contributed by atoms with Gasteiger partial charge in [-0.2, -0.15) is 0 Å². The van der Waals surface area contributed by atoms with Crippen LogP contribution in [-0.2, 0) is 14.8 Å². The van der Waals surface area contributed by atoms with Gasteiger partial charge >= 0.3 is 0 Å². The first-order valence-electron chi connectivity index (χ1n) is 7.03. The molecule has 23 heavy (non-hydrogen) atoms. The Morgan fingerprint density at radius 1 is 1.09 bits per heavy atom. The maximum atomic E-state index is 12.3. The van der Waals surface area contributed by atoms with Gasteiger partial charge in [-0.25, -0.2) is 13.4 Å². The van der Waals surface area contributed by atoms with E-state index in [4.69, 9.17) is 9.47 Å². The van der Waals surface area contributed by atoms with Crippen LogP contribution in [0.5, 0.6) is 5.75 Å². The third-order valence-electron chi connectivity index (χ3n) is 3.34. The first-order valence-corrected chi connectivity index (χ1v) is 8.51. The summed E-state index contributed by atoms with van der Waals surface area (Å²) in [6.45, 7) is 1.24. The van der Waals surface area contributed by atoms with Crippen LogP contribution in [-0.4, -0.2) is 34.6 Å². The van der Waals surface area contributed by atoms with Crippen LogP contribution in [0.2, 0.25) is 0 Å². The topological polar surface area (TPSA) is 77.0 Å². The van der Waals surface area contributed by atoms with E-state index in [1.54, 1.807) is 36.4 Å². The Morgan fingerprint density at radius 2 is 1.78 bits per heavy atom. The molecule has 2 aromatic rings. The SMILES string of the molecule is COc1ccc(S(=O)(=O)Nc2ccc(C3=NCCO3)cc2)cc1. The van der Waals surface area contributed by atoms with E-state index in [0.717, 1.165) is 5.56 Å². The number of benzene rings is 2. The molecule has 0 aromatic heterocycles. The number of nitrogens with one attached hydrogen (secondary N) is 1. The van der Waals surface area contributed by atoms with Crippen LogP contribution in [0, 0.1) is 0 Å². The summed E-state index contributed by atoms with van der Waals surface area (Å²) in [7, 11) is -2.11. The van der Waals surface area contributed by atoms with E-state index in [1.807, 2.05) is 0 Å². The highest BCUT2D eigenvalue weighted by molar-refractivity contribution is 7.92. The fourth-order valence-electron chi connectivity index (χ4n) is 2.16. The second kappa shape index (κ2) is 6.29. The van der Waals surface area contributed by atoms with E-state index in [2.05, 4.69) is 9.71 Å². The minimum Gasteiger partial charge on any atom is -0.497 e. The fourth-order valence-corrected chi connectivity index (χ4v) is 3.22. The highest BCUT2D eigenvalue weighted by Crippen LogP contribution is 2.20. The molecule has 0 saturated heterocycles. The van der Waals surface area contributed by atoms with E-state index in [1.165, 1.54) is 19.2 Å². The van der Waals surface area contributed by atoms with E-state index in [9.17, 15) is 8.42 Å². The molecule has 0 bridgehead atoms.